The Kier molecular flexibility index (Phi) is 6.80. The second-order valence-corrected chi connectivity index (χ2v) is 10.6. The molecule has 0 aromatic heterocycles. The Balaban J connectivity index is 1.64. The average Bonchev–Trinajstić information content (AvgIpc) is 3.06. The summed E-state index contributed by atoms with van der Waals surface area (Å²) in [5, 5.41) is 5.47. The van der Waals surface area contributed by atoms with Crippen molar-refractivity contribution in [1.29, 1.82) is 0 Å². The zero-order valence-electron chi connectivity index (χ0n) is 20.1. The van der Waals surface area contributed by atoms with Gasteiger partial charge in [0.1, 0.15) is 12.6 Å². The highest BCUT2D eigenvalue weighted by Gasteiger charge is 2.34. The number of amides is 3. The molecule has 4 rings (SSSR count). The summed E-state index contributed by atoms with van der Waals surface area (Å²) < 4.78 is 0. The van der Waals surface area contributed by atoms with E-state index < -0.39 is 11.6 Å². The maximum atomic E-state index is 13.7. The van der Waals surface area contributed by atoms with Gasteiger partial charge in [-0.15, -0.1) is 0 Å². The van der Waals surface area contributed by atoms with Crippen LogP contribution < -0.4 is 10.2 Å². The normalized spacial score (nSPS) is 13.8. The van der Waals surface area contributed by atoms with E-state index >= 15 is 0 Å². The van der Waals surface area contributed by atoms with Gasteiger partial charge in [0, 0.05) is 23.0 Å². The Morgan fingerprint density at radius 1 is 1.03 bits per heavy atom. The molecule has 35 heavy (non-hydrogen) atoms. The van der Waals surface area contributed by atoms with E-state index in [4.69, 9.17) is 23.2 Å². The smallest absolute Gasteiger partial charge is 0.259 e. The maximum Gasteiger partial charge on any atom is 0.259 e. The molecule has 182 valence electrons. The van der Waals surface area contributed by atoms with Gasteiger partial charge >= 0.3 is 0 Å². The molecule has 0 saturated carbocycles. The van der Waals surface area contributed by atoms with Gasteiger partial charge in [-0.05, 0) is 62.9 Å². The Labute approximate surface area is 214 Å². The molecule has 0 radical (unpaired) electrons. The van der Waals surface area contributed by atoms with Crippen LogP contribution >= 0.6 is 23.2 Å². The van der Waals surface area contributed by atoms with E-state index in [-0.39, 0.29) is 30.8 Å². The first-order chi connectivity index (χ1) is 16.5. The van der Waals surface area contributed by atoms with E-state index in [1.807, 2.05) is 51.1 Å². The molecule has 1 atom stereocenters. The van der Waals surface area contributed by atoms with Crippen LogP contribution in [0.3, 0.4) is 0 Å². The van der Waals surface area contributed by atoms with Gasteiger partial charge in [0.2, 0.25) is 11.8 Å². The third-order valence-corrected chi connectivity index (χ3v) is 6.68. The van der Waals surface area contributed by atoms with Crippen molar-refractivity contribution in [2.24, 2.45) is 0 Å². The van der Waals surface area contributed by atoms with Crippen molar-refractivity contribution in [3.8, 4) is 0 Å². The number of anilines is 1. The molecule has 3 amide bonds. The van der Waals surface area contributed by atoms with E-state index in [1.54, 1.807) is 31.2 Å². The van der Waals surface area contributed by atoms with Crippen molar-refractivity contribution in [2.45, 2.75) is 45.8 Å². The Morgan fingerprint density at radius 2 is 1.71 bits per heavy atom. The SMILES string of the molecule is CC(C(=O)NC(C)(C)C)N(Cc1ccc(Cl)c(Cl)c1)C(=O)CN1C(=O)c2cccc3cccc1c23. The summed E-state index contributed by atoms with van der Waals surface area (Å²) in [4.78, 5) is 42.9. The van der Waals surface area contributed by atoms with Crippen molar-refractivity contribution >= 4 is 57.4 Å². The molecule has 6 nitrogen and oxygen atoms in total. The fraction of sp³-hybridized carbons (Fsp3) is 0.296. The highest BCUT2D eigenvalue weighted by atomic mass is 35.5. The van der Waals surface area contributed by atoms with E-state index in [9.17, 15) is 14.4 Å². The molecule has 1 N–H and O–H groups in total. The Hall–Kier alpha value is -3.09. The van der Waals surface area contributed by atoms with Crippen LogP contribution in [0, 0.1) is 0 Å². The lowest BCUT2D eigenvalue weighted by molar-refractivity contribution is -0.140. The van der Waals surface area contributed by atoms with Crippen molar-refractivity contribution in [2.75, 3.05) is 11.4 Å². The topological polar surface area (TPSA) is 69.7 Å². The van der Waals surface area contributed by atoms with E-state index in [0.717, 1.165) is 16.3 Å². The number of carbonyl (C=O) groups excluding carboxylic acids is 3. The minimum Gasteiger partial charge on any atom is -0.350 e. The van der Waals surface area contributed by atoms with Crippen molar-refractivity contribution in [1.82, 2.24) is 10.2 Å². The third-order valence-electron chi connectivity index (χ3n) is 5.94. The summed E-state index contributed by atoms with van der Waals surface area (Å²) in [6.07, 6.45) is 0. The molecule has 0 spiro atoms. The van der Waals surface area contributed by atoms with Crippen molar-refractivity contribution in [3.63, 3.8) is 0 Å². The quantitative estimate of drug-likeness (QED) is 0.479. The molecular formula is C27H27Cl2N3O3. The largest absolute Gasteiger partial charge is 0.350 e. The number of hydrogen-bond donors (Lipinski definition) is 1. The number of carbonyl (C=O) groups is 3. The second-order valence-electron chi connectivity index (χ2n) is 9.76. The number of halogens is 2. The predicted octanol–water partition coefficient (Wildman–Crippen LogP) is 5.44. The minimum absolute atomic E-state index is 0.133. The molecule has 0 aliphatic carbocycles. The van der Waals surface area contributed by atoms with E-state index in [0.29, 0.717) is 21.3 Å². The van der Waals surface area contributed by atoms with E-state index in [1.165, 1.54) is 9.80 Å². The lowest BCUT2D eigenvalue weighted by Crippen LogP contribution is -2.54. The first kappa shape index (κ1) is 25.0. The number of rotatable bonds is 6. The molecular weight excluding hydrogens is 485 g/mol. The molecule has 3 aromatic rings. The monoisotopic (exact) mass is 511 g/mol. The van der Waals surface area contributed by atoms with Gasteiger partial charge in [-0.2, -0.15) is 0 Å². The fourth-order valence-electron chi connectivity index (χ4n) is 4.25. The van der Waals surface area contributed by atoms with Crippen molar-refractivity contribution < 1.29 is 14.4 Å². The molecule has 1 unspecified atom stereocenters. The zero-order valence-corrected chi connectivity index (χ0v) is 21.6. The second kappa shape index (κ2) is 9.51. The molecule has 0 bridgehead atoms. The third kappa shape index (κ3) is 5.14. The van der Waals surface area contributed by atoms with Gasteiger partial charge in [-0.3, -0.25) is 19.3 Å². The number of hydrogen-bond acceptors (Lipinski definition) is 3. The molecule has 8 heteroatoms. The molecule has 0 saturated heterocycles. The summed E-state index contributed by atoms with van der Waals surface area (Å²) in [6.45, 7) is 7.25. The van der Waals surface area contributed by atoms with Gasteiger partial charge in [-0.25, -0.2) is 0 Å². The van der Waals surface area contributed by atoms with Crippen LogP contribution in [0.2, 0.25) is 10.0 Å². The predicted molar refractivity (Wildman–Crippen MR) is 140 cm³/mol. The number of nitrogens with one attached hydrogen (secondary N) is 1. The maximum absolute atomic E-state index is 13.7. The zero-order chi connectivity index (χ0) is 25.5. The Bertz CT molecular complexity index is 1330. The molecule has 1 aliphatic rings. The standard InChI is InChI=1S/C27H27Cl2N3O3/c1-16(25(34)30-27(2,3)4)31(14-17-11-12-20(28)21(29)13-17)23(33)15-32-22-10-6-8-18-7-5-9-19(24(18)22)26(32)35/h5-13,16H,14-15H2,1-4H3,(H,30,34). The average molecular weight is 512 g/mol. The summed E-state index contributed by atoms with van der Waals surface area (Å²) in [5.74, 6) is -0.874. The first-order valence-electron chi connectivity index (χ1n) is 11.4. The lowest BCUT2D eigenvalue weighted by atomic mass is 10.1. The van der Waals surface area contributed by atoms with Crippen LogP contribution in [-0.2, 0) is 16.1 Å². The molecule has 1 aliphatic heterocycles. The molecule has 0 fully saturated rings. The van der Waals surface area contributed by atoms with Gasteiger partial charge in [0.25, 0.3) is 5.91 Å². The van der Waals surface area contributed by atoms with Crippen LogP contribution in [0.4, 0.5) is 5.69 Å². The molecule has 3 aromatic carbocycles. The number of nitrogens with zero attached hydrogens (tertiary/aromatic N) is 2. The Morgan fingerprint density at radius 3 is 2.37 bits per heavy atom. The van der Waals surface area contributed by atoms with Crippen LogP contribution in [0.25, 0.3) is 10.8 Å². The van der Waals surface area contributed by atoms with Gasteiger partial charge in [-0.1, -0.05) is 53.5 Å². The lowest BCUT2D eigenvalue weighted by Gasteiger charge is -2.32. The minimum atomic E-state index is -0.785. The van der Waals surface area contributed by atoms with Crippen molar-refractivity contribution in [3.05, 3.63) is 75.8 Å². The van der Waals surface area contributed by atoms with Gasteiger partial charge in [0.05, 0.1) is 15.7 Å². The van der Waals surface area contributed by atoms with Crippen LogP contribution in [0.15, 0.2) is 54.6 Å². The summed E-state index contributed by atoms with van der Waals surface area (Å²) in [7, 11) is 0. The van der Waals surface area contributed by atoms with Gasteiger partial charge < -0.3 is 10.2 Å². The van der Waals surface area contributed by atoms with Crippen LogP contribution in [0.5, 0.6) is 0 Å². The summed E-state index contributed by atoms with van der Waals surface area (Å²) >= 11 is 12.2. The highest BCUT2D eigenvalue weighted by Crippen LogP contribution is 2.37. The van der Waals surface area contributed by atoms with Crippen LogP contribution in [0.1, 0.15) is 43.6 Å². The first-order valence-corrected chi connectivity index (χ1v) is 12.1. The highest BCUT2D eigenvalue weighted by molar-refractivity contribution is 6.42. The summed E-state index contributed by atoms with van der Waals surface area (Å²) in [6, 6.07) is 15.5. The number of benzene rings is 3. The summed E-state index contributed by atoms with van der Waals surface area (Å²) in [5.41, 5.74) is 1.52. The van der Waals surface area contributed by atoms with E-state index in [2.05, 4.69) is 5.32 Å². The van der Waals surface area contributed by atoms with Gasteiger partial charge in [0.15, 0.2) is 0 Å². The molecule has 1 heterocycles. The van der Waals surface area contributed by atoms with Crippen LogP contribution in [-0.4, -0.2) is 40.7 Å². The fourth-order valence-corrected chi connectivity index (χ4v) is 4.57.